The summed E-state index contributed by atoms with van der Waals surface area (Å²) in [6, 6.07) is -0.305. The van der Waals surface area contributed by atoms with Gasteiger partial charge < -0.3 is 20.5 Å². The summed E-state index contributed by atoms with van der Waals surface area (Å²) in [4.78, 5) is 23.1. The molecule has 0 atom stereocenters. The van der Waals surface area contributed by atoms with Gasteiger partial charge in [0.05, 0.1) is 5.41 Å². The van der Waals surface area contributed by atoms with Gasteiger partial charge in [0.15, 0.2) is 0 Å². The van der Waals surface area contributed by atoms with Crippen molar-refractivity contribution in [1.29, 1.82) is 0 Å². The molecule has 0 aromatic carbocycles. The Morgan fingerprint density at radius 2 is 1.95 bits per heavy atom. The number of carbonyl (C=O) groups is 2. The minimum Gasteiger partial charge on any atom is -0.481 e. The van der Waals surface area contributed by atoms with Crippen molar-refractivity contribution in [3.05, 3.63) is 0 Å². The predicted molar refractivity (Wildman–Crippen MR) is 75.6 cm³/mol. The third kappa shape index (κ3) is 5.00. The van der Waals surface area contributed by atoms with Crippen molar-refractivity contribution in [2.75, 3.05) is 26.8 Å². The minimum absolute atomic E-state index is 0.200. The molecule has 0 aromatic rings. The molecule has 1 saturated carbocycles. The van der Waals surface area contributed by atoms with Crippen LogP contribution in [-0.4, -0.2) is 43.9 Å². The van der Waals surface area contributed by atoms with Gasteiger partial charge in [0.25, 0.3) is 0 Å². The highest BCUT2D eigenvalue weighted by molar-refractivity contribution is 5.78. The zero-order valence-corrected chi connectivity index (χ0v) is 12.4. The number of ether oxygens (including phenoxy) is 1. The van der Waals surface area contributed by atoms with Gasteiger partial charge in [-0.05, 0) is 38.0 Å². The molecule has 0 bridgehead atoms. The van der Waals surface area contributed by atoms with E-state index < -0.39 is 11.4 Å². The second-order valence-corrected chi connectivity index (χ2v) is 5.72. The summed E-state index contributed by atoms with van der Waals surface area (Å²) in [5, 5.41) is 14.8. The van der Waals surface area contributed by atoms with Crippen LogP contribution in [0.5, 0.6) is 0 Å². The zero-order chi connectivity index (χ0) is 15.0. The highest BCUT2D eigenvalue weighted by atomic mass is 16.5. The molecular formula is C14H26N2O4. The lowest BCUT2D eigenvalue weighted by Gasteiger charge is -2.35. The Balaban J connectivity index is 2.36. The molecule has 6 nitrogen and oxygen atoms in total. The maximum atomic E-state index is 11.6. The van der Waals surface area contributed by atoms with E-state index in [0.29, 0.717) is 31.9 Å². The molecule has 0 radical (unpaired) electrons. The number of nitrogens with one attached hydrogen (secondary N) is 2. The van der Waals surface area contributed by atoms with Gasteiger partial charge in [-0.1, -0.05) is 6.92 Å². The predicted octanol–water partition coefficient (Wildman–Crippen LogP) is 1.60. The van der Waals surface area contributed by atoms with Gasteiger partial charge in [-0.15, -0.1) is 0 Å². The molecule has 0 aliphatic heterocycles. The van der Waals surface area contributed by atoms with Crippen molar-refractivity contribution in [3.63, 3.8) is 0 Å². The summed E-state index contributed by atoms with van der Waals surface area (Å²) in [6.45, 7) is 3.46. The molecule has 20 heavy (non-hydrogen) atoms. The van der Waals surface area contributed by atoms with Crippen LogP contribution in [-0.2, 0) is 9.53 Å². The van der Waals surface area contributed by atoms with Crippen molar-refractivity contribution in [1.82, 2.24) is 10.6 Å². The van der Waals surface area contributed by atoms with Crippen molar-refractivity contribution in [3.8, 4) is 0 Å². The van der Waals surface area contributed by atoms with Gasteiger partial charge in [0.1, 0.15) is 0 Å². The molecule has 0 unspecified atom stereocenters. The van der Waals surface area contributed by atoms with Crippen LogP contribution >= 0.6 is 0 Å². The largest absolute Gasteiger partial charge is 0.481 e. The monoisotopic (exact) mass is 286 g/mol. The Labute approximate surface area is 120 Å². The number of carbonyl (C=O) groups excluding carboxylic acids is 1. The number of aliphatic carboxylic acids is 1. The average molecular weight is 286 g/mol. The van der Waals surface area contributed by atoms with Gasteiger partial charge in [0.2, 0.25) is 0 Å². The van der Waals surface area contributed by atoms with Crippen molar-refractivity contribution in [2.45, 2.75) is 39.0 Å². The van der Waals surface area contributed by atoms with E-state index in [0.717, 1.165) is 19.3 Å². The Bertz CT molecular complexity index is 325. The number of urea groups is 1. The minimum atomic E-state index is -0.802. The van der Waals surface area contributed by atoms with Crippen LogP contribution < -0.4 is 10.6 Å². The fourth-order valence-electron chi connectivity index (χ4n) is 2.51. The first-order chi connectivity index (χ1) is 9.50. The molecule has 116 valence electrons. The smallest absolute Gasteiger partial charge is 0.314 e. The van der Waals surface area contributed by atoms with Crippen molar-refractivity contribution >= 4 is 12.0 Å². The molecule has 6 heteroatoms. The maximum absolute atomic E-state index is 11.6. The maximum Gasteiger partial charge on any atom is 0.314 e. The summed E-state index contributed by atoms with van der Waals surface area (Å²) in [6.07, 6.45) is 3.82. The standard InChI is InChI=1S/C14H26N2O4/c1-11-4-6-14(7-5-11,12(17)18)10-16-13(19)15-8-3-9-20-2/h11H,3-10H2,1-2H3,(H,17,18)(H2,15,16,19). The third-order valence-electron chi connectivity index (χ3n) is 4.08. The topological polar surface area (TPSA) is 87.7 Å². The molecule has 3 N–H and O–H groups in total. The van der Waals surface area contributed by atoms with Crippen molar-refractivity contribution in [2.24, 2.45) is 11.3 Å². The van der Waals surface area contributed by atoms with Gasteiger partial charge >= 0.3 is 12.0 Å². The normalized spacial score (nSPS) is 26.0. The number of amides is 2. The average Bonchev–Trinajstić information content (AvgIpc) is 2.43. The Morgan fingerprint density at radius 3 is 2.50 bits per heavy atom. The van der Waals surface area contributed by atoms with Crippen LogP contribution in [0, 0.1) is 11.3 Å². The highest BCUT2D eigenvalue weighted by Crippen LogP contribution is 2.38. The lowest BCUT2D eigenvalue weighted by molar-refractivity contribution is -0.151. The second kappa shape index (κ2) is 8.09. The summed E-state index contributed by atoms with van der Waals surface area (Å²) < 4.78 is 4.89. The Kier molecular flexibility index (Phi) is 6.78. The summed E-state index contributed by atoms with van der Waals surface area (Å²) >= 11 is 0. The van der Waals surface area contributed by atoms with E-state index in [9.17, 15) is 14.7 Å². The van der Waals surface area contributed by atoms with Crippen LogP contribution in [0.15, 0.2) is 0 Å². The van der Waals surface area contributed by atoms with Gasteiger partial charge in [-0.3, -0.25) is 4.79 Å². The van der Waals surface area contributed by atoms with Crippen LogP contribution in [0.2, 0.25) is 0 Å². The first-order valence-electron chi connectivity index (χ1n) is 7.24. The number of hydrogen-bond acceptors (Lipinski definition) is 3. The molecule has 1 rings (SSSR count). The number of hydrogen-bond donors (Lipinski definition) is 3. The van der Waals surface area contributed by atoms with Crippen LogP contribution in [0.1, 0.15) is 39.0 Å². The summed E-state index contributed by atoms with van der Waals surface area (Å²) in [7, 11) is 1.61. The van der Waals surface area contributed by atoms with Crippen LogP contribution in [0.4, 0.5) is 4.79 Å². The van der Waals surface area contributed by atoms with E-state index >= 15 is 0 Å². The Morgan fingerprint density at radius 1 is 1.30 bits per heavy atom. The first-order valence-corrected chi connectivity index (χ1v) is 7.24. The number of carboxylic acid groups (broad SMARTS) is 1. The number of methoxy groups -OCH3 is 1. The molecule has 0 aromatic heterocycles. The van der Waals surface area contributed by atoms with Gasteiger partial charge in [-0.2, -0.15) is 0 Å². The van der Waals surface area contributed by atoms with Crippen LogP contribution in [0.25, 0.3) is 0 Å². The van der Waals surface area contributed by atoms with Gasteiger partial charge in [0, 0.05) is 26.8 Å². The van der Waals surface area contributed by atoms with E-state index in [1.807, 2.05) is 0 Å². The SMILES string of the molecule is COCCCNC(=O)NCC1(C(=O)O)CCC(C)CC1. The van der Waals surface area contributed by atoms with E-state index in [-0.39, 0.29) is 12.6 Å². The molecule has 1 aliphatic rings. The molecule has 0 saturated heterocycles. The second-order valence-electron chi connectivity index (χ2n) is 5.72. The first kappa shape index (κ1) is 16.8. The third-order valence-corrected chi connectivity index (χ3v) is 4.08. The molecule has 1 aliphatic carbocycles. The van der Waals surface area contributed by atoms with Gasteiger partial charge in [-0.25, -0.2) is 4.79 Å². The quantitative estimate of drug-likeness (QED) is 0.620. The van der Waals surface area contributed by atoms with E-state index in [2.05, 4.69) is 17.6 Å². The lowest BCUT2D eigenvalue weighted by atomic mass is 9.71. The van der Waals surface area contributed by atoms with E-state index in [1.165, 1.54) is 0 Å². The van der Waals surface area contributed by atoms with Crippen LogP contribution in [0.3, 0.4) is 0 Å². The molecule has 0 heterocycles. The number of carboxylic acids is 1. The number of rotatable bonds is 7. The highest BCUT2D eigenvalue weighted by Gasteiger charge is 2.41. The summed E-state index contributed by atoms with van der Waals surface area (Å²) in [5.41, 5.74) is -0.795. The molecule has 0 spiro atoms. The van der Waals surface area contributed by atoms with E-state index in [1.54, 1.807) is 7.11 Å². The zero-order valence-electron chi connectivity index (χ0n) is 12.4. The molecular weight excluding hydrogens is 260 g/mol. The van der Waals surface area contributed by atoms with Crippen molar-refractivity contribution < 1.29 is 19.4 Å². The van der Waals surface area contributed by atoms with E-state index in [4.69, 9.17) is 4.74 Å². The fraction of sp³-hybridized carbons (Fsp3) is 0.857. The fourth-order valence-corrected chi connectivity index (χ4v) is 2.51. The lowest BCUT2D eigenvalue weighted by Crippen LogP contribution is -2.48. The Hall–Kier alpha value is -1.30. The molecule has 1 fully saturated rings. The summed E-state index contributed by atoms with van der Waals surface area (Å²) in [5.74, 6) is -0.227. The molecule has 2 amide bonds.